The van der Waals surface area contributed by atoms with Gasteiger partial charge in [0.1, 0.15) is 0 Å². The maximum atomic E-state index is 12.9. The number of aromatic nitrogens is 5. The van der Waals surface area contributed by atoms with Crippen molar-refractivity contribution in [1.29, 1.82) is 0 Å². The van der Waals surface area contributed by atoms with Gasteiger partial charge in [0.2, 0.25) is 11.9 Å². The quantitative estimate of drug-likeness (QED) is 0.721. The first-order valence-electron chi connectivity index (χ1n) is 8.01. The number of pyridine rings is 1. The molecule has 1 aliphatic rings. The smallest absolute Gasteiger partial charge is 0.226 e. The number of piperazine rings is 1. The lowest BCUT2D eigenvalue weighted by molar-refractivity contribution is 0.600. The molecule has 126 valence electrons. The van der Waals surface area contributed by atoms with Crippen molar-refractivity contribution >= 4 is 11.9 Å². The van der Waals surface area contributed by atoms with E-state index in [1.807, 2.05) is 29.2 Å². The van der Waals surface area contributed by atoms with Gasteiger partial charge in [-0.1, -0.05) is 6.07 Å². The summed E-state index contributed by atoms with van der Waals surface area (Å²) in [6.07, 6.45) is 5.88. The number of rotatable bonds is 3. The van der Waals surface area contributed by atoms with Crippen molar-refractivity contribution in [3.63, 3.8) is 0 Å². The van der Waals surface area contributed by atoms with Crippen molar-refractivity contribution in [2.45, 2.75) is 0 Å². The Morgan fingerprint density at radius 1 is 0.720 bits per heavy atom. The topological polar surface area (TPSA) is 70.9 Å². The van der Waals surface area contributed by atoms with E-state index in [1.165, 1.54) is 12.4 Å². The number of anilines is 2. The molecule has 4 rings (SSSR count). The van der Waals surface area contributed by atoms with Crippen LogP contribution in [-0.2, 0) is 0 Å². The van der Waals surface area contributed by atoms with Crippen LogP contribution in [0.15, 0.2) is 49.1 Å². The van der Waals surface area contributed by atoms with Crippen LogP contribution in [0.2, 0.25) is 0 Å². The fraction of sp³-hybridized carbons (Fsp3) is 0.235. The minimum Gasteiger partial charge on any atom is -0.337 e. The van der Waals surface area contributed by atoms with E-state index in [9.17, 15) is 4.39 Å². The van der Waals surface area contributed by atoms with Gasteiger partial charge in [0, 0.05) is 38.6 Å². The Bertz CT molecular complexity index is 833. The predicted octanol–water partition coefficient (Wildman–Crippen LogP) is 1.79. The minimum absolute atomic E-state index is 0.429. The number of hydrogen-bond acceptors (Lipinski definition) is 7. The van der Waals surface area contributed by atoms with Crippen LogP contribution in [0, 0.1) is 5.82 Å². The zero-order valence-electron chi connectivity index (χ0n) is 13.5. The molecule has 0 aromatic carbocycles. The SMILES string of the molecule is Fc1cnc(N2CCN(c3nccc(-c4ccccn4)n3)CC2)nc1. The monoisotopic (exact) mass is 337 g/mol. The molecular formula is C17H16FN7. The van der Waals surface area contributed by atoms with E-state index in [2.05, 4.69) is 29.8 Å². The summed E-state index contributed by atoms with van der Waals surface area (Å²) in [5.41, 5.74) is 1.62. The Balaban J connectivity index is 1.47. The van der Waals surface area contributed by atoms with Crippen molar-refractivity contribution < 1.29 is 4.39 Å². The van der Waals surface area contributed by atoms with Crippen LogP contribution in [0.1, 0.15) is 0 Å². The first kappa shape index (κ1) is 15.4. The molecule has 0 spiro atoms. The largest absolute Gasteiger partial charge is 0.337 e. The van der Waals surface area contributed by atoms with Gasteiger partial charge in [0.25, 0.3) is 0 Å². The summed E-state index contributed by atoms with van der Waals surface area (Å²) in [5, 5.41) is 0. The van der Waals surface area contributed by atoms with E-state index >= 15 is 0 Å². The molecule has 0 saturated carbocycles. The van der Waals surface area contributed by atoms with E-state index in [-0.39, 0.29) is 0 Å². The summed E-state index contributed by atoms with van der Waals surface area (Å²) >= 11 is 0. The van der Waals surface area contributed by atoms with Gasteiger partial charge >= 0.3 is 0 Å². The predicted molar refractivity (Wildman–Crippen MR) is 91.7 cm³/mol. The first-order chi connectivity index (χ1) is 12.3. The van der Waals surface area contributed by atoms with Gasteiger partial charge in [0.05, 0.1) is 23.8 Å². The van der Waals surface area contributed by atoms with Crippen LogP contribution >= 0.6 is 0 Å². The fourth-order valence-corrected chi connectivity index (χ4v) is 2.73. The molecule has 1 saturated heterocycles. The molecular weight excluding hydrogens is 321 g/mol. The highest BCUT2D eigenvalue weighted by atomic mass is 19.1. The molecule has 3 aromatic rings. The second-order valence-electron chi connectivity index (χ2n) is 5.63. The molecule has 0 N–H and O–H groups in total. The summed E-state index contributed by atoms with van der Waals surface area (Å²) in [6, 6.07) is 7.60. The lowest BCUT2D eigenvalue weighted by atomic mass is 10.2. The molecule has 0 unspecified atom stereocenters. The molecule has 25 heavy (non-hydrogen) atoms. The van der Waals surface area contributed by atoms with Crippen molar-refractivity contribution in [2.75, 3.05) is 36.0 Å². The average molecular weight is 337 g/mol. The Morgan fingerprint density at radius 3 is 2.12 bits per heavy atom. The Kier molecular flexibility index (Phi) is 4.16. The fourth-order valence-electron chi connectivity index (χ4n) is 2.73. The van der Waals surface area contributed by atoms with Gasteiger partial charge in [0.15, 0.2) is 5.82 Å². The van der Waals surface area contributed by atoms with Crippen molar-refractivity contribution in [2.24, 2.45) is 0 Å². The zero-order chi connectivity index (χ0) is 17.1. The second kappa shape index (κ2) is 6.76. The Hall–Kier alpha value is -3.16. The molecule has 0 atom stereocenters. The summed E-state index contributed by atoms with van der Waals surface area (Å²) in [7, 11) is 0. The van der Waals surface area contributed by atoms with E-state index < -0.39 is 5.82 Å². The van der Waals surface area contributed by atoms with Crippen molar-refractivity contribution in [1.82, 2.24) is 24.9 Å². The number of halogens is 1. The summed E-state index contributed by atoms with van der Waals surface area (Å²) in [5.74, 6) is 0.800. The standard InChI is InChI=1S/C17H16FN7/c18-13-11-21-16(22-12-13)24-7-9-25(10-8-24)17-20-6-4-15(23-17)14-3-1-2-5-19-14/h1-6,11-12H,7-10H2. The number of nitrogens with zero attached hydrogens (tertiary/aromatic N) is 7. The molecule has 0 radical (unpaired) electrons. The van der Waals surface area contributed by atoms with E-state index in [0.29, 0.717) is 11.9 Å². The third-order valence-corrected chi connectivity index (χ3v) is 4.02. The van der Waals surface area contributed by atoms with Gasteiger partial charge in [-0.2, -0.15) is 0 Å². The van der Waals surface area contributed by atoms with Crippen molar-refractivity contribution in [3.8, 4) is 11.4 Å². The van der Waals surface area contributed by atoms with Gasteiger partial charge in [-0.3, -0.25) is 4.98 Å². The Labute approximate surface area is 144 Å². The lowest BCUT2D eigenvalue weighted by Gasteiger charge is -2.34. The minimum atomic E-state index is -0.429. The van der Waals surface area contributed by atoms with Crippen LogP contribution in [0.25, 0.3) is 11.4 Å². The highest BCUT2D eigenvalue weighted by molar-refractivity contribution is 5.55. The normalized spacial score (nSPS) is 14.6. The van der Waals surface area contributed by atoms with E-state index in [1.54, 1.807) is 12.4 Å². The maximum Gasteiger partial charge on any atom is 0.226 e. The van der Waals surface area contributed by atoms with Gasteiger partial charge in [-0.15, -0.1) is 0 Å². The highest BCUT2D eigenvalue weighted by Crippen LogP contribution is 2.18. The Morgan fingerprint density at radius 2 is 1.44 bits per heavy atom. The molecule has 1 aliphatic heterocycles. The highest BCUT2D eigenvalue weighted by Gasteiger charge is 2.21. The van der Waals surface area contributed by atoms with Crippen LogP contribution < -0.4 is 9.80 Å². The van der Waals surface area contributed by atoms with Gasteiger partial charge < -0.3 is 9.80 Å². The second-order valence-corrected chi connectivity index (χ2v) is 5.63. The molecule has 8 heteroatoms. The third kappa shape index (κ3) is 3.37. The van der Waals surface area contributed by atoms with Crippen molar-refractivity contribution in [3.05, 3.63) is 54.9 Å². The van der Waals surface area contributed by atoms with Crippen LogP contribution in [0.4, 0.5) is 16.3 Å². The van der Waals surface area contributed by atoms with Crippen LogP contribution in [0.5, 0.6) is 0 Å². The van der Waals surface area contributed by atoms with E-state index in [4.69, 9.17) is 0 Å². The molecule has 4 heterocycles. The maximum absolute atomic E-state index is 12.9. The molecule has 7 nitrogen and oxygen atoms in total. The summed E-state index contributed by atoms with van der Waals surface area (Å²) in [4.78, 5) is 25.6. The molecule has 0 aliphatic carbocycles. The summed E-state index contributed by atoms with van der Waals surface area (Å²) in [6.45, 7) is 2.93. The molecule has 0 bridgehead atoms. The molecule has 1 fully saturated rings. The van der Waals surface area contributed by atoms with Crippen LogP contribution in [-0.4, -0.2) is 51.1 Å². The van der Waals surface area contributed by atoms with Crippen LogP contribution in [0.3, 0.4) is 0 Å². The first-order valence-corrected chi connectivity index (χ1v) is 8.01. The van der Waals surface area contributed by atoms with Gasteiger partial charge in [-0.25, -0.2) is 24.3 Å². The lowest BCUT2D eigenvalue weighted by Crippen LogP contribution is -2.47. The van der Waals surface area contributed by atoms with Gasteiger partial charge in [-0.05, 0) is 18.2 Å². The van der Waals surface area contributed by atoms with E-state index in [0.717, 1.165) is 37.6 Å². The zero-order valence-corrected chi connectivity index (χ0v) is 13.5. The third-order valence-electron chi connectivity index (χ3n) is 4.02. The molecule has 0 amide bonds. The average Bonchev–Trinajstić information content (AvgIpc) is 2.70. The summed E-state index contributed by atoms with van der Waals surface area (Å²) < 4.78 is 12.9. The molecule has 3 aromatic heterocycles. The number of hydrogen-bond donors (Lipinski definition) is 0.